The summed E-state index contributed by atoms with van der Waals surface area (Å²) in [6.45, 7) is 3.75. The second kappa shape index (κ2) is 7.16. The molecule has 0 spiro atoms. The summed E-state index contributed by atoms with van der Waals surface area (Å²) in [4.78, 5) is 13.0. The number of fused-ring (bicyclic) bond motifs is 1. The minimum absolute atomic E-state index is 0.0506. The molecule has 0 unspecified atom stereocenters. The summed E-state index contributed by atoms with van der Waals surface area (Å²) in [5.41, 5.74) is 2.59. The van der Waals surface area contributed by atoms with Crippen LogP contribution in [-0.4, -0.2) is 32.3 Å². The first-order valence-corrected chi connectivity index (χ1v) is 9.19. The molecule has 0 aliphatic carbocycles. The first-order valence-electron chi connectivity index (χ1n) is 8.38. The van der Waals surface area contributed by atoms with Crippen LogP contribution in [0.4, 0.5) is 5.69 Å². The maximum Gasteiger partial charge on any atom is 0.262 e. The van der Waals surface area contributed by atoms with Gasteiger partial charge in [-0.3, -0.25) is 4.79 Å². The van der Waals surface area contributed by atoms with Crippen molar-refractivity contribution < 1.29 is 9.53 Å². The molecule has 136 valence electrons. The van der Waals surface area contributed by atoms with Crippen LogP contribution in [0, 0.1) is 13.8 Å². The Labute approximate surface area is 159 Å². The Balaban J connectivity index is 1.46. The first-order chi connectivity index (χ1) is 13.1. The molecule has 2 aromatic carbocycles. The summed E-state index contributed by atoms with van der Waals surface area (Å²) in [5, 5.41) is 16.3. The number of hydrogen-bond acceptors (Lipinski definition) is 6. The monoisotopic (exact) mass is 379 g/mol. The molecular weight excluding hydrogens is 362 g/mol. The van der Waals surface area contributed by atoms with E-state index in [1.54, 1.807) is 4.52 Å². The molecular formula is C19H17N5O2S. The zero-order valence-corrected chi connectivity index (χ0v) is 15.7. The highest BCUT2D eigenvalue weighted by molar-refractivity contribution is 7.19. The van der Waals surface area contributed by atoms with E-state index in [0.717, 1.165) is 26.9 Å². The van der Waals surface area contributed by atoms with Gasteiger partial charge in [0.05, 0.1) is 0 Å². The Morgan fingerprint density at radius 3 is 2.81 bits per heavy atom. The number of amides is 1. The maximum absolute atomic E-state index is 12.2. The van der Waals surface area contributed by atoms with Gasteiger partial charge >= 0.3 is 0 Å². The van der Waals surface area contributed by atoms with Crippen molar-refractivity contribution in [3.63, 3.8) is 0 Å². The molecule has 1 N–H and O–H groups in total. The molecule has 0 aliphatic rings. The molecule has 1 amide bonds. The molecule has 7 nitrogen and oxygen atoms in total. The summed E-state index contributed by atoms with van der Waals surface area (Å²) >= 11 is 1.45. The minimum Gasteiger partial charge on any atom is -0.483 e. The molecule has 0 fully saturated rings. The Hall–Kier alpha value is -3.26. The quantitative estimate of drug-likeness (QED) is 0.574. The van der Waals surface area contributed by atoms with Gasteiger partial charge in [-0.05, 0) is 37.6 Å². The second-order valence-electron chi connectivity index (χ2n) is 6.03. The topological polar surface area (TPSA) is 81.4 Å². The van der Waals surface area contributed by atoms with Crippen LogP contribution in [0.25, 0.3) is 15.5 Å². The van der Waals surface area contributed by atoms with Gasteiger partial charge in [-0.2, -0.15) is 9.61 Å². The molecule has 27 heavy (non-hydrogen) atoms. The third kappa shape index (κ3) is 3.65. The lowest BCUT2D eigenvalue weighted by molar-refractivity contribution is -0.118. The number of hydrogen-bond donors (Lipinski definition) is 1. The number of aryl methyl sites for hydroxylation is 2. The van der Waals surface area contributed by atoms with E-state index in [2.05, 4.69) is 20.6 Å². The van der Waals surface area contributed by atoms with Crippen molar-refractivity contribution in [1.29, 1.82) is 0 Å². The number of para-hydroxylation sites is 1. The number of rotatable bonds is 5. The molecule has 2 heterocycles. The fraction of sp³-hybridized carbons (Fsp3) is 0.158. The van der Waals surface area contributed by atoms with E-state index < -0.39 is 0 Å². The number of carbonyl (C=O) groups is 1. The van der Waals surface area contributed by atoms with Crippen LogP contribution in [0.2, 0.25) is 0 Å². The fourth-order valence-electron chi connectivity index (χ4n) is 2.62. The lowest BCUT2D eigenvalue weighted by Gasteiger charge is -2.09. The van der Waals surface area contributed by atoms with E-state index in [-0.39, 0.29) is 12.5 Å². The first kappa shape index (κ1) is 17.2. The number of benzene rings is 2. The molecule has 0 saturated carbocycles. The summed E-state index contributed by atoms with van der Waals surface area (Å²) in [6, 6.07) is 15.1. The largest absolute Gasteiger partial charge is 0.483 e. The van der Waals surface area contributed by atoms with Gasteiger partial charge in [-0.1, -0.05) is 41.7 Å². The maximum atomic E-state index is 12.2. The van der Waals surface area contributed by atoms with Crippen LogP contribution < -0.4 is 10.1 Å². The number of nitrogens with zero attached hydrogens (tertiary/aromatic N) is 4. The van der Waals surface area contributed by atoms with Crippen molar-refractivity contribution in [3.8, 4) is 16.3 Å². The van der Waals surface area contributed by atoms with E-state index in [0.29, 0.717) is 11.4 Å². The highest BCUT2D eigenvalue weighted by atomic mass is 32.1. The van der Waals surface area contributed by atoms with Crippen molar-refractivity contribution in [2.75, 3.05) is 11.9 Å². The van der Waals surface area contributed by atoms with Gasteiger partial charge in [0.1, 0.15) is 10.8 Å². The number of ether oxygens (including phenoxy) is 1. The van der Waals surface area contributed by atoms with E-state index in [4.69, 9.17) is 4.74 Å². The van der Waals surface area contributed by atoms with Gasteiger partial charge in [0.15, 0.2) is 12.4 Å². The molecule has 8 heteroatoms. The average molecular weight is 379 g/mol. The third-order valence-corrected chi connectivity index (χ3v) is 4.94. The number of aromatic nitrogens is 4. The molecule has 0 atom stereocenters. The van der Waals surface area contributed by atoms with E-state index in [1.807, 2.05) is 62.4 Å². The molecule has 0 saturated heterocycles. The van der Waals surface area contributed by atoms with E-state index in [1.165, 1.54) is 11.3 Å². The molecule has 4 rings (SSSR count). The van der Waals surface area contributed by atoms with Crippen molar-refractivity contribution in [1.82, 2.24) is 19.8 Å². The highest BCUT2D eigenvalue weighted by Gasteiger charge is 2.11. The van der Waals surface area contributed by atoms with E-state index in [9.17, 15) is 4.79 Å². The van der Waals surface area contributed by atoms with Crippen molar-refractivity contribution in [3.05, 3.63) is 59.9 Å². The normalized spacial score (nSPS) is 10.9. The van der Waals surface area contributed by atoms with Crippen LogP contribution in [0.5, 0.6) is 5.75 Å². The Morgan fingerprint density at radius 2 is 2.00 bits per heavy atom. The van der Waals surface area contributed by atoms with Crippen LogP contribution in [0.15, 0.2) is 48.5 Å². The second-order valence-corrected chi connectivity index (χ2v) is 6.99. The summed E-state index contributed by atoms with van der Waals surface area (Å²) < 4.78 is 7.30. The number of carbonyl (C=O) groups excluding carboxylic acids is 1. The standard InChI is InChI=1S/C19H17N5O2S/c1-12-6-3-4-9-16(12)26-11-17(25)20-15-8-5-7-14(10-15)18-23-24-13(2)21-22-19(24)27-18/h3-10H,11H2,1-2H3,(H,20,25). The Morgan fingerprint density at radius 1 is 1.15 bits per heavy atom. The highest BCUT2D eigenvalue weighted by Crippen LogP contribution is 2.27. The molecule has 0 aliphatic heterocycles. The predicted octanol–water partition coefficient (Wildman–Crippen LogP) is 3.49. The van der Waals surface area contributed by atoms with E-state index >= 15 is 0 Å². The third-order valence-electron chi connectivity index (χ3n) is 3.99. The molecule has 2 aromatic heterocycles. The predicted molar refractivity (Wildman–Crippen MR) is 104 cm³/mol. The molecule has 4 aromatic rings. The van der Waals surface area contributed by atoms with Gasteiger partial charge in [0.2, 0.25) is 4.96 Å². The summed E-state index contributed by atoms with van der Waals surface area (Å²) in [7, 11) is 0. The number of anilines is 1. The van der Waals surface area contributed by atoms with Crippen LogP contribution in [-0.2, 0) is 4.79 Å². The minimum atomic E-state index is -0.218. The van der Waals surface area contributed by atoms with Gasteiger partial charge in [0.25, 0.3) is 5.91 Å². The lowest BCUT2D eigenvalue weighted by Crippen LogP contribution is -2.20. The van der Waals surface area contributed by atoms with Gasteiger partial charge in [-0.25, -0.2) is 0 Å². The summed E-state index contributed by atoms with van der Waals surface area (Å²) in [6.07, 6.45) is 0. The van der Waals surface area contributed by atoms with Gasteiger partial charge in [0, 0.05) is 11.3 Å². The zero-order chi connectivity index (χ0) is 18.8. The lowest BCUT2D eigenvalue weighted by atomic mass is 10.2. The van der Waals surface area contributed by atoms with Crippen molar-refractivity contribution >= 4 is 27.9 Å². The van der Waals surface area contributed by atoms with Crippen LogP contribution >= 0.6 is 11.3 Å². The molecule has 0 bridgehead atoms. The molecule has 0 radical (unpaired) electrons. The van der Waals surface area contributed by atoms with Crippen LogP contribution in [0.1, 0.15) is 11.4 Å². The van der Waals surface area contributed by atoms with Crippen molar-refractivity contribution in [2.24, 2.45) is 0 Å². The van der Waals surface area contributed by atoms with Gasteiger partial charge < -0.3 is 10.1 Å². The van der Waals surface area contributed by atoms with Crippen LogP contribution in [0.3, 0.4) is 0 Å². The Kier molecular flexibility index (Phi) is 4.55. The summed E-state index contributed by atoms with van der Waals surface area (Å²) in [5.74, 6) is 1.23. The Bertz CT molecular complexity index is 1120. The zero-order valence-electron chi connectivity index (χ0n) is 14.8. The average Bonchev–Trinajstić information content (AvgIpc) is 3.24. The van der Waals surface area contributed by atoms with Crippen molar-refractivity contribution in [2.45, 2.75) is 13.8 Å². The fourth-order valence-corrected chi connectivity index (χ4v) is 3.50. The SMILES string of the molecule is Cc1ccccc1OCC(=O)Nc1cccc(-c2nn3c(C)nnc3s2)c1. The number of nitrogens with one attached hydrogen (secondary N) is 1. The smallest absolute Gasteiger partial charge is 0.262 e. The van der Waals surface area contributed by atoms with Gasteiger partial charge in [-0.15, -0.1) is 10.2 Å².